The number of ether oxygens (including phenoxy) is 1. The number of nitrogens with one attached hydrogen (secondary N) is 1. The van der Waals surface area contributed by atoms with Crippen LogP contribution in [0.4, 0.5) is 11.4 Å². The standard InChI is InChI=1S/C29H29N3O5/c1-4-24(28(35)30-21-13-15-22(37-3)16-14-21)31(17-20-10-6-5-9-19(20)2)26(33)18-32-25-12-8-7-11-23(25)27(34)29(32)36/h5-16,24H,4,17-18H2,1-3H3,(H,30,35)/t24-/m0/s1. The average Bonchev–Trinajstić information content (AvgIpc) is 3.15. The molecule has 4 rings (SSSR count). The second kappa shape index (κ2) is 11.1. The van der Waals surface area contributed by atoms with E-state index in [4.69, 9.17) is 4.74 Å². The maximum atomic E-state index is 13.7. The van der Waals surface area contributed by atoms with Crippen molar-refractivity contribution >= 4 is 34.9 Å². The third-order valence-corrected chi connectivity index (χ3v) is 6.52. The summed E-state index contributed by atoms with van der Waals surface area (Å²) in [4.78, 5) is 55.0. The number of benzene rings is 3. The number of rotatable bonds is 9. The first-order valence-corrected chi connectivity index (χ1v) is 12.1. The Labute approximate surface area is 215 Å². The van der Waals surface area contributed by atoms with Crippen molar-refractivity contribution in [1.29, 1.82) is 0 Å². The van der Waals surface area contributed by atoms with E-state index in [9.17, 15) is 19.2 Å². The smallest absolute Gasteiger partial charge is 0.299 e. The molecule has 37 heavy (non-hydrogen) atoms. The van der Waals surface area contributed by atoms with Crippen LogP contribution in [-0.4, -0.2) is 48.1 Å². The van der Waals surface area contributed by atoms with Gasteiger partial charge in [-0.1, -0.05) is 43.3 Å². The molecule has 1 atom stereocenters. The number of aryl methyl sites for hydroxylation is 1. The molecule has 0 aliphatic carbocycles. The van der Waals surface area contributed by atoms with Crippen LogP contribution in [0.25, 0.3) is 0 Å². The molecule has 3 aromatic carbocycles. The van der Waals surface area contributed by atoms with Gasteiger partial charge >= 0.3 is 0 Å². The van der Waals surface area contributed by atoms with Gasteiger partial charge in [0.25, 0.3) is 11.7 Å². The maximum absolute atomic E-state index is 13.7. The number of nitrogens with zero attached hydrogens (tertiary/aromatic N) is 2. The zero-order chi connectivity index (χ0) is 26.5. The molecule has 3 aromatic rings. The van der Waals surface area contributed by atoms with Crippen LogP contribution in [0, 0.1) is 6.92 Å². The van der Waals surface area contributed by atoms with Gasteiger partial charge in [-0.15, -0.1) is 0 Å². The van der Waals surface area contributed by atoms with Gasteiger partial charge < -0.3 is 15.0 Å². The topological polar surface area (TPSA) is 96.0 Å². The molecule has 1 aliphatic rings. The van der Waals surface area contributed by atoms with E-state index in [1.165, 1.54) is 9.80 Å². The molecule has 3 amide bonds. The Morgan fingerprint density at radius 2 is 1.65 bits per heavy atom. The first-order chi connectivity index (χ1) is 17.8. The molecule has 1 heterocycles. The van der Waals surface area contributed by atoms with Crippen molar-refractivity contribution < 1.29 is 23.9 Å². The number of methoxy groups -OCH3 is 1. The summed E-state index contributed by atoms with van der Waals surface area (Å²) in [6.07, 6.45) is 0.350. The highest BCUT2D eigenvalue weighted by molar-refractivity contribution is 6.52. The lowest BCUT2D eigenvalue weighted by molar-refractivity contribution is -0.138. The van der Waals surface area contributed by atoms with E-state index in [0.29, 0.717) is 23.5 Å². The molecule has 1 aliphatic heterocycles. The Morgan fingerprint density at radius 3 is 2.32 bits per heavy atom. The van der Waals surface area contributed by atoms with Gasteiger partial charge in [-0.3, -0.25) is 24.1 Å². The molecule has 8 heteroatoms. The third kappa shape index (κ3) is 5.38. The number of para-hydroxylation sites is 1. The summed E-state index contributed by atoms with van der Waals surface area (Å²) in [7, 11) is 1.56. The minimum Gasteiger partial charge on any atom is -0.497 e. The van der Waals surface area contributed by atoms with Gasteiger partial charge in [-0.25, -0.2) is 0 Å². The van der Waals surface area contributed by atoms with Gasteiger partial charge in [0.05, 0.1) is 18.4 Å². The molecule has 1 N–H and O–H groups in total. The van der Waals surface area contributed by atoms with Crippen molar-refractivity contribution in [3.63, 3.8) is 0 Å². The summed E-state index contributed by atoms with van der Waals surface area (Å²) in [6.45, 7) is 3.60. The Kier molecular flexibility index (Phi) is 7.67. The third-order valence-electron chi connectivity index (χ3n) is 6.52. The highest BCUT2D eigenvalue weighted by Crippen LogP contribution is 2.29. The highest BCUT2D eigenvalue weighted by atomic mass is 16.5. The van der Waals surface area contributed by atoms with Gasteiger partial charge in [0.2, 0.25) is 11.8 Å². The molecule has 0 aromatic heterocycles. The Morgan fingerprint density at radius 1 is 0.973 bits per heavy atom. The van der Waals surface area contributed by atoms with E-state index in [0.717, 1.165) is 11.1 Å². The Hall–Kier alpha value is -4.46. The summed E-state index contributed by atoms with van der Waals surface area (Å²) in [6, 6.07) is 20.3. The van der Waals surface area contributed by atoms with E-state index in [1.54, 1.807) is 55.6 Å². The number of ketones is 1. The Bertz CT molecular complexity index is 1340. The summed E-state index contributed by atoms with van der Waals surface area (Å²) in [5, 5.41) is 2.88. The number of anilines is 2. The van der Waals surface area contributed by atoms with Crippen LogP contribution >= 0.6 is 0 Å². The highest BCUT2D eigenvalue weighted by Gasteiger charge is 2.38. The van der Waals surface area contributed by atoms with E-state index in [1.807, 2.05) is 38.1 Å². The molecule has 0 saturated heterocycles. The van der Waals surface area contributed by atoms with Gasteiger partial charge in [-0.2, -0.15) is 0 Å². The molecular formula is C29H29N3O5. The molecule has 190 valence electrons. The Balaban J connectivity index is 1.62. The SMILES string of the molecule is CC[C@@H](C(=O)Nc1ccc(OC)cc1)N(Cc1ccccc1C)C(=O)CN1C(=O)C(=O)c2ccccc21. The van der Waals surface area contributed by atoms with E-state index >= 15 is 0 Å². The molecule has 0 fully saturated rings. The second-order valence-corrected chi connectivity index (χ2v) is 8.83. The van der Waals surface area contributed by atoms with Crippen LogP contribution in [0.2, 0.25) is 0 Å². The monoisotopic (exact) mass is 499 g/mol. The van der Waals surface area contributed by atoms with E-state index in [-0.39, 0.29) is 24.6 Å². The lowest BCUT2D eigenvalue weighted by Crippen LogP contribution is -2.50. The van der Waals surface area contributed by atoms with Crippen molar-refractivity contribution in [1.82, 2.24) is 4.90 Å². The number of Topliss-reactive ketones (excluding diaryl/α,β-unsaturated/α-hetero) is 1. The van der Waals surface area contributed by atoms with Crippen molar-refractivity contribution in [2.24, 2.45) is 0 Å². The second-order valence-electron chi connectivity index (χ2n) is 8.83. The van der Waals surface area contributed by atoms with Crippen LogP contribution in [0.5, 0.6) is 5.75 Å². The number of hydrogen-bond acceptors (Lipinski definition) is 5. The summed E-state index contributed by atoms with van der Waals surface area (Å²) < 4.78 is 5.17. The normalized spacial score (nSPS) is 13.2. The van der Waals surface area contributed by atoms with Crippen LogP contribution in [0.3, 0.4) is 0 Å². The summed E-state index contributed by atoms with van der Waals surface area (Å²) in [5.74, 6) is -1.51. The van der Waals surface area contributed by atoms with E-state index < -0.39 is 23.6 Å². The minimum atomic E-state index is -0.808. The first kappa shape index (κ1) is 25.6. The molecule has 8 nitrogen and oxygen atoms in total. The number of fused-ring (bicyclic) bond motifs is 1. The zero-order valence-electron chi connectivity index (χ0n) is 21.1. The molecule has 0 saturated carbocycles. The van der Waals surface area contributed by atoms with Crippen molar-refractivity contribution in [3.05, 3.63) is 89.5 Å². The first-order valence-electron chi connectivity index (χ1n) is 12.1. The predicted octanol–water partition coefficient (Wildman–Crippen LogP) is 3.98. The van der Waals surface area contributed by atoms with Crippen molar-refractivity contribution in [2.45, 2.75) is 32.9 Å². The van der Waals surface area contributed by atoms with Gasteiger partial charge in [0.1, 0.15) is 18.3 Å². The quantitative estimate of drug-likeness (QED) is 0.450. The summed E-state index contributed by atoms with van der Waals surface area (Å²) in [5.41, 5.74) is 3.11. The molecule has 0 unspecified atom stereocenters. The van der Waals surface area contributed by atoms with Gasteiger partial charge in [-0.05, 0) is 60.9 Å². The number of carbonyl (C=O) groups is 4. The van der Waals surface area contributed by atoms with Crippen molar-refractivity contribution in [3.8, 4) is 5.75 Å². The minimum absolute atomic E-state index is 0.178. The zero-order valence-corrected chi connectivity index (χ0v) is 21.1. The van der Waals surface area contributed by atoms with Gasteiger partial charge in [0.15, 0.2) is 0 Å². The van der Waals surface area contributed by atoms with Gasteiger partial charge in [0, 0.05) is 12.2 Å². The fourth-order valence-electron chi connectivity index (χ4n) is 4.42. The van der Waals surface area contributed by atoms with Crippen LogP contribution in [-0.2, 0) is 20.9 Å². The van der Waals surface area contributed by atoms with Crippen LogP contribution in [0.15, 0.2) is 72.8 Å². The maximum Gasteiger partial charge on any atom is 0.299 e. The lowest BCUT2D eigenvalue weighted by atomic mass is 10.1. The fourth-order valence-corrected chi connectivity index (χ4v) is 4.42. The number of amides is 3. The number of carbonyl (C=O) groups excluding carboxylic acids is 4. The predicted molar refractivity (Wildman–Crippen MR) is 141 cm³/mol. The van der Waals surface area contributed by atoms with Crippen molar-refractivity contribution in [2.75, 3.05) is 23.9 Å². The molecule has 0 spiro atoms. The molecule has 0 radical (unpaired) electrons. The summed E-state index contributed by atoms with van der Waals surface area (Å²) >= 11 is 0. The van der Waals surface area contributed by atoms with E-state index in [2.05, 4.69) is 5.32 Å². The largest absolute Gasteiger partial charge is 0.497 e. The molecule has 0 bridgehead atoms. The lowest BCUT2D eigenvalue weighted by Gasteiger charge is -2.32. The average molecular weight is 500 g/mol. The van der Waals surface area contributed by atoms with Crippen LogP contribution < -0.4 is 15.0 Å². The molecular weight excluding hydrogens is 470 g/mol. The fraction of sp³-hybridized carbons (Fsp3) is 0.241. The van der Waals surface area contributed by atoms with Crippen LogP contribution in [0.1, 0.15) is 34.8 Å². The number of hydrogen-bond donors (Lipinski definition) is 1.